The molecule has 1 atom stereocenters. The first-order valence-corrected chi connectivity index (χ1v) is 10.6. The minimum atomic E-state index is -0.0476. The molecule has 2 heteroatoms. The fraction of sp³-hybridized carbons (Fsp3) is 0.296. The molecule has 2 aliphatic heterocycles. The summed E-state index contributed by atoms with van der Waals surface area (Å²) in [5, 5.41) is 2.68. The number of hydrogen-bond donors (Lipinski definition) is 0. The lowest BCUT2D eigenvalue weighted by Crippen LogP contribution is -2.26. The van der Waals surface area contributed by atoms with Gasteiger partial charge in [0.05, 0.1) is 0 Å². The molecule has 1 unspecified atom stereocenters. The van der Waals surface area contributed by atoms with Crippen molar-refractivity contribution in [2.45, 2.75) is 45.6 Å². The summed E-state index contributed by atoms with van der Waals surface area (Å²) in [6, 6.07) is 22.6. The standard InChI is InChI=1S/C27H29N2/c1-18(17-29-19(2)16-21-11-7-9-13-23(21)29)26-27(3,4)25-22-12-8-6-10-20(22)14-15-24(25)28(26)5/h6-15,17,19H,16H2,1-5H3/q+1. The number of anilines is 1. The smallest absolute Gasteiger partial charge is 0.208 e. The van der Waals surface area contributed by atoms with E-state index >= 15 is 0 Å². The third-order valence-corrected chi connectivity index (χ3v) is 6.79. The van der Waals surface area contributed by atoms with Gasteiger partial charge in [-0.1, -0.05) is 62.4 Å². The molecule has 0 saturated carbocycles. The molecular weight excluding hydrogens is 352 g/mol. The third-order valence-electron chi connectivity index (χ3n) is 6.79. The highest BCUT2D eigenvalue weighted by Crippen LogP contribution is 2.50. The van der Waals surface area contributed by atoms with Crippen LogP contribution in [0.25, 0.3) is 10.8 Å². The summed E-state index contributed by atoms with van der Waals surface area (Å²) in [5.41, 5.74) is 8.24. The van der Waals surface area contributed by atoms with Gasteiger partial charge in [-0.15, -0.1) is 0 Å². The molecule has 0 saturated heterocycles. The lowest BCUT2D eigenvalue weighted by atomic mass is 9.80. The second-order valence-corrected chi connectivity index (χ2v) is 9.11. The van der Waals surface area contributed by atoms with Crippen LogP contribution in [0.3, 0.4) is 0 Å². The summed E-state index contributed by atoms with van der Waals surface area (Å²) in [5.74, 6) is 0. The lowest BCUT2D eigenvalue weighted by molar-refractivity contribution is -0.463. The van der Waals surface area contributed by atoms with Crippen molar-refractivity contribution in [3.63, 3.8) is 0 Å². The molecule has 2 aliphatic rings. The van der Waals surface area contributed by atoms with Crippen molar-refractivity contribution >= 4 is 28.4 Å². The number of allylic oxidation sites excluding steroid dienone is 2. The van der Waals surface area contributed by atoms with E-state index in [9.17, 15) is 0 Å². The van der Waals surface area contributed by atoms with E-state index in [1.165, 1.54) is 44.5 Å². The van der Waals surface area contributed by atoms with Gasteiger partial charge in [0, 0.05) is 47.5 Å². The maximum atomic E-state index is 2.46. The Labute approximate surface area is 173 Å². The van der Waals surface area contributed by atoms with Gasteiger partial charge in [-0.25, -0.2) is 0 Å². The van der Waals surface area contributed by atoms with Crippen molar-refractivity contribution in [3.8, 4) is 0 Å². The summed E-state index contributed by atoms with van der Waals surface area (Å²) in [7, 11) is 2.22. The quantitative estimate of drug-likeness (QED) is 0.455. The first-order valence-electron chi connectivity index (χ1n) is 10.6. The van der Waals surface area contributed by atoms with E-state index in [1.54, 1.807) is 0 Å². The van der Waals surface area contributed by atoms with E-state index in [0.29, 0.717) is 6.04 Å². The molecule has 0 N–H and O–H groups in total. The predicted molar refractivity (Wildman–Crippen MR) is 124 cm³/mol. The van der Waals surface area contributed by atoms with Gasteiger partial charge < -0.3 is 4.90 Å². The van der Waals surface area contributed by atoms with Crippen molar-refractivity contribution in [2.75, 3.05) is 11.9 Å². The van der Waals surface area contributed by atoms with Gasteiger partial charge in [0.2, 0.25) is 5.69 Å². The summed E-state index contributed by atoms with van der Waals surface area (Å²) in [4.78, 5) is 2.40. The largest absolute Gasteiger partial charge is 0.347 e. The van der Waals surface area contributed by atoms with Crippen LogP contribution in [0, 0.1) is 0 Å². The highest BCUT2D eigenvalue weighted by molar-refractivity contribution is 5.96. The average molecular weight is 382 g/mol. The SMILES string of the molecule is CC(C=[N+]1c2ccccc2CC1C)=C1N(C)c2ccc3ccccc3c2C1(C)C. The molecule has 2 heterocycles. The maximum absolute atomic E-state index is 2.46. The van der Waals surface area contributed by atoms with Gasteiger partial charge >= 0.3 is 0 Å². The summed E-state index contributed by atoms with van der Waals surface area (Å²) >= 11 is 0. The highest BCUT2D eigenvalue weighted by atomic mass is 15.2. The molecule has 5 rings (SSSR count). The second kappa shape index (κ2) is 6.32. The fourth-order valence-electron chi connectivity index (χ4n) is 5.67. The van der Waals surface area contributed by atoms with Gasteiger partial charge in [0.15, 0.2) is 12.3 Å². The number of fused-ring (bicyclic) bond motifs is 4. The molecule has 0 aliphatic carbocycles. The minimum Gasteiger partial charge on any atom is -0.347 e. The van der Waals surface area contributed by atoms with Crippen LogP contribution >= 0.6 is 0 Å². The van der Waals surface area contributed by atoms with Gasteiger partial charge in [0.1, 0.15) is 0 Å². The highest BCUT2D eigenvalue weighted by Gasteiger charge is 2.41. The molecule has 0 amide bonds. The van der Waals surface area contributed by atoms with Crippen LogP contribution in [-0.4, -0.2) is 23.9 Å². The topological polar surface area (TPSA) is 6.25 Å². The summed E-state index contributed by atoms with van der Waals surface area (Å²) in [6.45, 7) is 9.33. The van der Waals surface area contributed by atoms with Crippen LogP contribution in [0.5, 0.6) is 0 Å². The molecule has 29 heavy (non-hydrogen) atoms. The van der Waals surface area contributed by atoms with Crippen LogP contribution < -0.4 is 4.90 Å². The summed E-state index contributed by atoms with van der Waals surface area (Å²) < 4.78 is 2.46. The Morgan fingerprint density at radius 2 is 1.76 bits per heavy atom. The Hall–Kier alpha value is -2.87. The molecule has 0 aromatic heterocycles. The van der Waals surface area contributed by atoms with E-state index in [4.69, 9.17) is 0 Å². The Morgan fingerprint density at radius 3 is 2.59 bits per heavy atom. The Kier molecular flexibility index (Phi) is 3.96. The Bertz CT molecular complexity index is 1200. The van der Waals surface area contributed by atoms with Crippen molar-refractivity contribution in [3.05, 3.63) is 83.1 Å². The molecule has 2 nitrogen and oxygen atoms in total. The number of rotatable bonds is 1. The van der Waals surface area contributed by atoms with Gasteiger partial charge in [-0.3, -0.25) is 0 Å². The molecule has 3 aromatic rings. The summed E-state index contributed by atoms with van der Waals surface area (Å²) in [6.07, 6.45) is 3.48. The molecule has 0 bridgehead atoms. The van der Waals surface area contributed by atoms with Crippen molar-refractivity contribution in [2.24, 2.45) is 0 Å². The molecule has 0 radical (unpaired) electrons. The first kappa shape index (κ1) is 18.2. The zero-order valence-corrected chi connectivity index (χ0v) is 18.0. The average Bonchev–Trinajstić information content (AvgIpc) is 3.12. The molecule has 0 spiro atoms. The van der Waals surface area contributed by atoms with Gasteiger partial charge in [0.25, 0.3) is 0 Å². The van der Waals surface area contributed by atoms with E-state index in [1.807, 2.05) is 0 Å². The fourth-order valence-corrected chi connectivity index (χ4v) is 5.67. The van der Waals surface area contributed by atoms with Crippen molar-refractivity contribution in [1.82, 2.24) is 0 Å². The van der Waals surface area contributed by atoms with Gasteiger partial charge in [-0.05, 0) is 36.2 Å². The van der Waals surface area contributed by atoms with E-state index in [-0.39, 0.29) is 5.41 Å². The maximum Gasteiger partial charge on any atom is 0.208 e. The first-order chi connectivity index (χ1) is 13.9. The van der Waals surface area contributed by atoms with Crippen molar-refractivity contribution in [1.29, 1.82) is 0 Å². The second-order valence-electron chi connectivity index (χ2n) is 9.11. The number of nitrogens with zero attached hydrogens (tertiary/aromatic N) is 2. The number of hydrogen-bond acceptors (Lipinski definition) is 1. The molecule has 0 fully saturated rings. The van der Waals surface area contributed by atoms with E-state index in [0.717, 1.165) is 6.42 Å². The van der Waals surface area contributed by atoms with Crippen LogP contribution in [0.2, 0.25) is 0 Å². The van der Waals surface area contributed by atoms with Crippen LogP contribution in [0.4, 0.5) is 11.4 Å². The Morgan fingerprint density at radius 1 is 1.03 bits per heavy atom. The molecule has 3 aromatic carbocycles. The van der Waals surface area contributed by atoms with Crippen LogP contribution in [0.1, 0.15) is 38.8 Å². The minimum absolute atomic E-state index is 0.0476. The number of likely N-dealkylation sites (N-methyl/N-ethyl adjacent to an activating group) is 1. The monoisotopic (exact) mass is 381 g/mol. The predicted octanol–water partition coefficient (Wildman–Crippen LogP) is 6.20. The normalized spacial score (nSPS) is 22.9. The van der Waals surface area contributed by atoms with Crippen LogP contribution in [0.15, 0.2) is 71.9 Å². The Balaban J connectivity index is 1.70. The van der Waals surface area contributed by atoms with Gasteiger partial charge in [-0.2, -0.15) is 4.58 Å². The molecular formula is C27H29N2+. The number of para-hydroxylation sites is 1. The number of benzene rings is 3. The van der Waals surface area contributed by atoms with E-state index in [2.05, 4.69) is 111 Å². The lowest BCUT2D eigenvalue weighted by Gasteiger charge is -2.26. The zero-order valence-electron chi connectivity index (χ0n) is 18.0. The third kappa shape index (κ3) is 2.58. The van der Waals surface area contributed by atoms with Crippen LogP contribution in [-0.2, 0) is 11.8 Å². The zero-order chi connectivity index (χ0) is 20.3. The van der Waals surface area contributed by atoms with Crippen molar-refractivity contribution < 1.29 is 4.58 Å². The molecule has 146 valence electrons. The van der Waals surface area contributed by atoms with E-state index < -0.39 is 0 Å².